The molecular weight excluding hydrogens is 903 g/mol. The number of imidazole rings is 2. The summed E-state index contributed by atoms with van der Waals surface area (Å²) in [6, 6.07) is 21.8. The van der Waals surface area contributed by atoms with E-state index in [9.17, 15) is 0 Å². The number of fused-ring (bicyclic) bond motifs is 2. The number of methoxy groups -OCH3 is 2. The minimum absolute atomic E-state index is 0. The Morgan fingerprint density at radius 1 is 0.742 bits per heavy atom. The molecule has 2 atom stereocenters. The summed E-state index contributed by atoms with van der Waals surface area (Å²) in [7, 11) is 3.14. The van der Waals surface area contributed by atoms with Gasteiger partial charge in [-0.05, 0) is 90.4 Å². The van der Waals surface area contributed by atoms with Crippen LogP contribution in [0, 0.1) is 13.8 Å². The number of hydrogen-bond donors (Lipinski definition) is 3. The summed E-state index contributed by atoms with van der Waals surface area (Å²) in [6.45, 7) is 4.58. The van der Waals surface area contributed by atoms with E-state index in [2.05, 4.69) is 56.8 Å². The van der Waals surface area contributed by atoms with Gasteiger partial charge in [-0.2, -0.15) is 0 Å². The lowest BCUT2D eigenvalue weighted by molar-refractivity contribution is 0.0580. The van der Waals surface area contributed by atoms with Gasteiger partial charge < -0.3 is 27.9 Å². The molecule has 0 fully saturated rings. The molecule has 320 valence electrons. The molecule has 0 saturated heterocycles. The predicted octanol–water partition coefficient (Wildman–Crippen LogP) is 9.64. The Morgan fingerprint density at radius 2 is 1.31 bits per heavy atom. The molecule has 0 bridgehead atoms. The number of aliphatic imine (C=N–C) groups is 2. The summed E-state index contributed by atoms with van der Waals surface area (Å²) >= 11 is 15.5. The van der Waals surface area contributed by atoms with E-state index in [1.54, 1.807) is 45.2 Å². The van der Waals surface area contributed by atoms with Gasteiger partial charge in [0.1, 0.15) is 65.1 Å². The zero-order valence-corrected chi connectivity index (χ0v) is 36.1. The standard InChI is InChI=1S/C21H18ClN5O3.C17H13BrClN3O3.C4H6N2.CH4/c1-12-9-27(11-23-12)17-6-5-15(25-21(17)28-2)20-24-16(10-29-26-20)19-7-13-3-4-14(22)8-18(13)30-19;1-23-17-11(18)4-5-12(21-17)16-20-13(8-24-22-16)15-6-9-2-3-10(19)7-14(9)25-15;1-4-2-5-3-6-4;/h3-9,11,16H,10H2,1-2H3,(H,24,26);2-7,13H,8H2,1H3,(H,20,22);2-3H,1H3,(H,5,6);1H4. The number of aryl methyl sites for hydroxylation is 2. The van der Waals surface area contributed by atoms with Crippen molar-refractivity contribution in [2.45, 2.75) is 33.4 Å². The largest absolute Gasteiger partial charge is 0.480 e. The molecule has 0 saturated carbocycles. The first-order chi connectivity index (χ1) is 29.6. The number of pyridine rings is 2. The third-order valence-corrected chi connectivity index (χ3v) is 10.3. The lowest BCUT2D eigenvalue weighted by atomic mass is 10.2. The Kier molecular flexibility index (Phi) is 13.9. The fourth-order valence-electron chi connectivity index (χ4n) is 6.21. The van der Waals surface area contributed by atoms with Gasteiger partial charge in [-0.25, -0.2) is 30.9 Å². The van der Waals surface area contributed by atoms with Crippen LogP contribution in [-0.2, 0) is 9.68 Å². The molecule has 2 aromatic carbocycles. The number of furan rings is 2. The van der Waals surface area contributed by atoms with Crippen molar-refractivity contribution >= 4 is 72.7 Å². The van der Waals surface area contributed by atoms with Gasteiger partial charge in [-0.3, -0.25) is 19.7 Å². The zero-order valence-electron chi connectivity index (χ0n) is 33.0. The van der Waals surface area contributed by atoms with Crippen LogP contribution < -0.4 is 20.4 Å². The molecule has 62 heavy (non-hydrogen) atoms. The molecule has 19 heteroatoms. The normalized spacial score (nSPS) is 15.7. The van der Waals surface area contributed by atoms with Crippen molar-refractivity contribution in [1.82, 2.24) is 40.4 Å². The van der Waals surface area contributed by atoms with E-state index in [0.717, 1.165) is 37.9 Å². The van der Waals surface area contributed by atoms with E-state index in [1.807, 2.05) is 85.3 Å². The second-order valence-electron chi connectivity index (χ2n) is 13.5. The number of nitrogens with zero attached hydrogens (tertiary/aromatic N) is 7. The van der Waals surface area contributed by atoms with Gasteiger partial charge in [-0.15, -0.1) is 0 Å². The number of ether oxygens (including phenoxy) is 2. The number of H-pyrrole nitrogens is 1. The highest BCUT2D eigenvalue weighted by molar-refractivity contribution is 9.10. The number of aromatic amines is 1. The van der Waals surface area contributed by atoms with Gasteiger partial charge in [0.25, 0.3) is 0 Å². The summed E-state index contributed by atoms with van der Waals surface area (Å²) in [5.41, 5.74) is 11.1. The maximum atomic E-state index is 6.06. The minimum atomic E-state index is -0.309. The van der Waals surface area contributed by atoms with Gasteiger partial charge in [0.05, 0.1) is 37.0 Å². The molecule has 6 aromatic heterocycles. The van der Waals surface area contributed by atoms with Crippen LogP contribution >= 0.6 is 39.1 Å². The molecule has 2 aliphatic heterocycles. The van der Waals surface area contributed by atoms with E-state index >= 15 is 0 Å². The first-order valence-corrected chi connectivity index (χ1v) is 20.2. The Morgan fingerprint density at radius 3 is 1.79 bits per heavy atom. The third kappa shape index (κ3) is 10.1. The molecule has 0 radical (unpaired) electrons. The van der Waals surface area contributed by atoms with Crippen molar-refractivity contribution in [2.24, 2.45) is 9.98 Å². The maximum Gasteiger partial charge on any atom is 0.238 e. The quantitative estimate of drug-likeness (QED) is 0.138. The molecule has 0 amide bonds. The molecule has 2 aliphatic rings. The van der Waals surface area contributed by atoms with Gasteiger partial charge in [0.2, 0.25) is 11.8 Å². The average molecular weight is 945 g/mol. The van der Waals surface area contributed by atoms with E-state index in [0.29, 0.717) is 75.2 Å². The summed E-state index contributed by atoms with van der Waals surface area (Å²) in [4.78, 5) is 40.3. The SMILES string of the molecule is C.COc1nc(C2=NC(c3cc4ccc(Cl)cc4o3)CON2)ccc1-n1cnc(C)c1.COc1nc(C2=NC(c3cc4ccc(Cl)cc4o3)CON2)ccc1Br.Cc1cnc[nH]1. The summed E-state index contributed by atoms with van der Waals surface area (Å²) in [5.74, 6) is 3.35. The molecule has 16 nitrogen and oxygen atoms in total. The van der Waals surface area contributed by atoms with Crippen molar-refractivity contribution < 1.29 is 28.0 Å². The van der Waals surface area contributed by atoms with E-state index in [-0.39, 0.29) is 19.5 Å². The number of hydroxylamine groups is 2. The Labute approximate surface area is 374 Å². The first-order valence-electron chi connectivity index (χ1n) is 18.7. The fraction of sp³-hybridized carbons (Fsp3) is 0.209. The van der Waals surface area contributed by atoms with E-state index < -0.39 is 0 Å². The lowest BCUT2D eigenvalue weighted by Gasteiger charge is -2.20. The average Bonchev–Trinajstić information content (AvgIpc) is 4.12. The second kappa shape index (κ2) is 19.6. The number of halogens is 3. The number of hydrogen-bond acceptors (Lipinski definition) is 14. The third-order valence-electron chi connectivity index (χ3n) is 9.20. The van der Waals surface area contributed by atoms with Crippen molar-refractivity contribution in [1.29, 1.82) is 0 Å². The van der Waals surface area contributed by atoms with Crippen LogP contribution in [0.2, 0.25) is 10.0 Å². The number of nitrogens with one attached hydrogen (secondary N) is 3. The molecule has 8 heterocycles. The van der Waals surface area contributed by atoms with Crippen LogP contribution in [0.25, 0.3) is 27.6 Å². The molecule has 0 aliphatic carbocycles. The first kappa shape index (κ1) is 43.8. The summed E-state index contributed by atoms with van der Waals surface area (Å²) in [5, 5.41) is 3.19. The minimum Gasteiger partial charge on any atom is -0.480 e. The highest BCUT2D eigenvalue weighted by Gasteiger charge is 2.25. The van der Waals surface area contributed by atoms with Crippen LogP contribution in [-0.4, -0.2) is 68.6 Å². The van der Waals surface area contributed by atoms with Crippen molar-refractivity contribution in [3.8, 4) is 17.4 Å². The van der Waals surface area contributed by atoms with E-state index in [1.165, 1.54) is 0 Å². The summed E-state index contributed by atoms with van der Waals surface area (Å²) < 4.78 is 25.2. The molecule has 2 unspecified atom stereocenters. The molecular formula is C43H41BrCl2N10O6. The zero-order chi connectivity index (χ0) is 42.5. The maximum absolute atomic E-state index is 6.06. The fourth-order valence-corrected chi connectivity index (χ4v) is 6.92. The number of benzene rings is 2. The van der Waals surface area contributed by atoms with Gasteiger partial charge in [-0.1, -0.05) is 30.6 Å². The van der Waals surface area contributed by atoms with Crippen LogP contribution in [0.4, 0.5) is 0 Å². The van der Waals surface area contributed by atoms with Crippen LogP contribution in [0.15, 0.2) is 121 Å². The van der Waals surface area contributed by atoms with Gasteiger partial charge in [0, 0.05) is 51.0 Å². The van der Waals surface area contributed by atoms with Gasteiger partial charge in [0.15, 0.2) is 11.7 Å². The molecule has 8 aromatic rings. The number of amidine groups is 2. The number of rotatable bonds is 7. The van der Waals surface area contributed by atoms with Crippen LogP contribution in [0.5, 0.6) is 11.8 Å². The topological polar surface area (TPSA) is 184 Å². The van der Waals surface area contributed by atoms with Gasteiger partial charge >= 0.3 is 0 Å². The Balaban J connectivity index is 0.000000164. The van der Waals surface area contributed by atoms with E-state index in [4.69, 9.17) is 56.2 Å². The Hall–Kier alpha value is -6.24. The second-order valence-corrected chi connectivity index (χ2v) is 15.3. The lowest BCUT2D eigenvalue weighted by Crippen LogP contribution is -2.33. The highest BCUT2D eigenvalue weighted by Crippen LogP contribution is 2.32. The summed E-state index contributed by atoms with van der Waals surface area (Å²) in [6.07, 6.45) is 7.07. The van der Waals surface area contributed by atoms with Crippen LogP contribution in [0.3, 0.4) is 0 Å². The smallest absolute Gasteiger partial charge is 0.238 e. The molecule has 10 rings (SSSR count). The van der Waals surface area contributed by atoms with Crippen molar-refractivity contribution in [3.05, 3.63) is 147 Å². The van der Waals surface area contributed by atoms with Crippen molar-refractivity contribution in [3.63, 3.8) is 0 Å². The number of aromatic nitrogens is 6. The predicted molar refractivity (Wildman–Crippen MR) is 240 cm³/mol. The van der Waals surface area contributed by atoms with Crippen molar-refractivity contribution in [2.75, 3.05) is 27.4 Å². The molecule has 3 N–H and O–H groups in total. The molecule has 0 spiro atoms. The monoisotopic (exact) mass is 942 g/mol. The Bertz CT molecular complexity index is 2860. The highest BCUT2D eigenvalue weighted by atomic mass is 79.9. The van der Waals surface area contributed by atoms with Crippen LogP contribution in [0.1, 0.15) is 53.8 Å².